The molecule has 0 amide bonds. The van der Waals surface area contributed by atoms with Gasteiger partial charge in [-0.1, -0.05) is 25.1 Å². The standard InChI is InChI=1S/C16H17F2NO/c1-3-15(12-6-4-5-7-13(12)17)19-16-10-11(20-2)8-9-14(16)18/h4-10,15,19H,3H2,1-2H3. The van der Waals surface area contributed by atoms with Gasteiger partial charge in [0.2, 0.25) is 0 Å². The maximum atomic E-state index is 13.8. The predicted octanol–water partition coefficient (Wildman–Crippen LogP) is 4.54. The Hall–Kier alpha value is -2.10. The van der Waals surface area contributed by atoms with Gasteiger partial charge in [0.15, 0.2) is 0 Å². The molecule has 0 aromatic heterocycles. The number of halogens is 2. The van der Waals surface area contributed by atoms with E-state index >= 15 is 0 Å². The van der Waals surface area contributed by atoms with Crippen molar-refractivity contribution >= 4 is 5.69 Å². The van der Waals surface area contributed by atoms with E-state index < -0.39 is 0 Å². The Bertz CT molecular complexity index is 586. The van der Waals surface area contributed by atoms with E-state index in [1.54, 1.807) is 30.3 Å². The summed E-state index contributed by atoms with van der Waals surface area (Å²) in [6.45, 7) is 1.92. The lowest BCUT2D eigenvalue weighted by atomic mass is 10.0. The number of nitrogens with one attached hydrogen (secondary N) is 1. The van der Waals surface area contributed by atoms with Crippen molar-refractivity contribution in [2.24, 2.45) is 0 Å². The lowest BCUT2D eigenvalue weighted by molar-refractivity contribution is 0.414. The molecule has 0 aliphatic rings. The van der Waals surface area contributed by atoms with Crippen molar-refractivity contribution in [2.75, 3.05) is 12.4 Å². The molecule has 0 heterocycles. The molecule has 20 heavy (non-hydrogen) atoms. The monoisotopic (exact) mass is 277 g/mol. The van der Waals surface area contributed by atoms with E-state index in [1.165, 1.54) is 19.2 Å². The van der Waals surface area contributed by atoms with E-state index in [4.69, 9.17) is 4.74 Å². The highest BCUT2D eigenvalue weighted by molar-refractivity contribution is 5.51. The van der Waals surface area contributed by atoms with Gasteiger partial charge in [-0.05, 0) is 24.6 Å². The topological polar surface area (TPSA) is 21.3 Å². The number of ether oxygens (including phenoxy) is 1. The van der Waals surface area contributed by atoms with Crippen LogP contribution in [-0.4, -0.2) is 7.11 Å². The minimum atomic E-state index is -0.388. The largest absolute Gasteiger partial charge is 0.497 e. The second kappa shape index (κ2) is 6.37. The molecule has 0 spiro atoms. The summed E-state index contributed by atoms with van der Waals surface area (Å²) < 4.78 is 32.7. The molecule has 0 saturated carbocycles. The molecule has 106 valence electrons. The maximum absolute atomic E-state index is 13.8. The summed E-state index contributed by atoms with van der Waals surface area (Å²) in [6, 6.07) is 10.7. The van der Waals surface area contributed by atoms with Crippen LogP contribution in [0.2, 0.25) is 0 Å². The van der Waals surface area contributed by atoms with Gasteiger partial charge in [-0.2, -0.15) is 0 Å². The molecular formula is C16H17F2NO. The summed E-state index contributed by atoms with van der Waals surface area (Å²) in [5.74, 6) is -0.131. The molecule has 1 N–H and O–H groups in total. The van der Waals surface area contributed by atoms with Crippen LogP contribution in [0.3, 0.4) is 0 Å². The van der Waals surface area contributed by atoms with Crippen molar-refractivity contribution in [3.05, 3.63) is 59.7 Å². The molecule has 2 aromatic carbocycles. The molecule has 0 saturated heterocycles. The average Bonchev–Trinajstić information content (AvgIpc) is 2.47. The number of benzene rings is 2. The quantitative estimate of drug-likeness (QED) is 0.866. The third-order valence-corrected chi connectivity index (χ3v) is 3.19. The molecule has 1 unspecified atom stereocenters. The normalized spacial score (nSPS) is 12.0. The Labute approximate surface area is 117 Å². The van der Waals surface area contributed by atoms with Crippen LogP contribution in [0, 0.1) is 11.6 Å². The highest BCUT2D eigenvalue weighted by Gasteiger charge is 2.15. The second-order valence-corrected chi connectivity index (χ2v) is 4.47. The van der Waals surface area contributed by atoms with Crippen molar-refractivity contribution in [2.45, 2.75) is 19.4 Å². The first kappa shape index (κ1) is 14.3. The third kappa shape index (κ3) is 3.07. The number of methoxy groups -OCH3 is 1. The van der Waals surface area contributed by atoms with Gasteiger partial charge in [-0.15, -0.1) is 0 Å². The predicted molar refractivity (Wildman–Crippen MR) is 76.0 cm³/mol. The molecule has 0 radical (unpaired) electrons. The van der Waals surface area contributed by atoms with E-state index in [1.807, 2.05) is 6.92 Å². The fraction of sp³-hybridized carbons (Fsp3) is 0.250. The third-order valence-electron chi connectivity index (χ3n) is 3.19. The smallest absolute Gasteiger partial charge is 0.146 e. The van der Waals surface area contributed by atoms with Crippen LogP contribution in [0.15, 0.2) is 42.5 Å². The molecule has 0 aliphatic carbocycles. The number of anilines is 1. The van der Waals surface area contributed by atoms with Gasteiger partial charge in [0.25, 0.3) is 0 Å². The summed E-state index contributed by atoms with van der Waals surface area (Å²) in [7, 11) is 1.52. The molecular weight excluding hydrogens is 260 g/mol. The van der Waals surface area contributed by atoms with Crippen molar-refractivity contribution < 1.29 is 13.5 Å². The zero-order valence-electron chi connectivity index (χ0n) is 11.5. The van der Waals surface area contributed by atoms with E-state index in [2.05, 4.69) is 5.32 Å². The van der Waals surface area contributed by atoms with Crippen molar-refractivity contribution in [1.29, 1.82) is 0 Å². The van der Waals surface area contributed by atoms with Gasteiger partial charge in [0.1, 0.15) is 17.4 Å². The SMILES string of the molecule is CCC(Nc1cc(OC)ccc1F)c1ccccc1F. The van der Waals surface area contributed by atoms with Crippen LogP contribution in [0.25, 0.3) is 0 Å². The van der Waals surface area contributed by atoms with Crippen molar-refractivity contribution in [3.63, 3.8) is 0 Å². The van der Waals surface area contributed by atoms with Crippen LogP contribution < -0.4 is 10.1 Å². The van der Waals surface area contributed by atoms with Gasteiger partial charge in [0.05, 0.1) is 18.8 Å². The Kier molecular flexibility index (Phi) is 4.56. The van der Waals surface area contributed by atoms with Crippen LogP contribution >= 0.6 is 0 Å². The van der Waals surface area contributed by atoms with Gasteiger partial charge in [-0.3, -0.25) is 0 Å². The van der Waals surface area contributed by atoms with Gasteiger partial charge in [-0.25, -0.2) is 8.78 Å². The fourth-order valence-corrected chi connectivity index (χ4v) is 2.09. The Morgan fingerprint density at radius 1 is 1.10 bits per heavy atom. The van der Waals surface area contributed by atoms with Gasteiger partial charge in [0, 0.05) is 11.6 Å². The van der Waals surface area contributed by atoms with E-state index in [0.29, 0.717) is 23.4 Å². The van der Waals surface area contributed by atoms with Crippen molar-refractivity contribution in [1.82, 2.24) is 0 Å². The summed E-state index contributed by atoms with van der Waals surface area (Å²) in [5, 5.41) is 3.03. The Morgan fingerprint density at radius 3 is 2.50 bits per heavy atom. The zero-order valence-corrected chi connectivity index (χ0v) is 11.5. The molecule has 1 atom stereocenters. The maximum Gasteiger partial charge on any atom is 0.146 e. The average molecular weight is 277 g/mol. The molecule has 2 aromatic rings. The number of rotatable bonds is 5. The first-order valence-corrected chi connectivity index (χ1v) is 6.50. The van der Waals surface area contributed by atoms with Crippen LogP contribution in [0.4, 0.5) is 14.5 Å². The van der Waals surface area contributed by atoms with Crippen LogP contribution in [0.5, 0.6) is 5.75 Å². The highest BCUT2D eigenvalue weighted by Crippen LogP contribution is 2.28. The lowest BCUT2D eigenvalue weighted by Crippen LogP contribution is -2.12. The molecule has 2 nitrogen and oxygen atoms in total. The van der Waals surface area contributed by atoms with Gasteiger partial charge < -0.3 is 10.1 Å². The number of hydrogen-bond acceptors (Lipinski definition) is 2. The first-order valence-electron chi connectivity index (χ1n) is 6.50. The zero-order chi connectivity index (χ0) is 14.5. The number of hydrogen-bond donors (Lipinski definition) is 1. The van der Waals surface area contributed by atoms with Crippen LogP contribution in [-0.2, 0) is 0 Å². The Morgan fingerprint density at radius 2 is 1.85 bits per heavy atom. The summed E-state index contributed by atoms with van der Waals surface area (Å²) in [5.41, 5.74) is 0.830. The summed E-state index contributed by atoms with van der Waals surface area (Å²) in [4.78, 5) is 0. The first-order chi connectivity index (χ1) is 9.65. The van der Waals surface area contributed by atoms with Gasteiger partial charge >= 0.3 is 0 Å². The molecule has 4 heteroatoms. The molecule has 2 rings (SSSR count). The summed E-state index contributed by atoms with van der Waals surface area (Å²) in [6.07, 6.45) is 0.636. The molecule has 0 bridgehead atoms. The summed E-state index contributed by atoms with van der Waals surface area (Å²) >= 11 is 0. The molecule has 0 fully saturated rings. The second-order valence-electron chi connectivity index (χ2n) is 4.47. The van der Waals surface area contributed by atoms with Crippen LogP contribution in [0.1, 0.15) is 24.9 Å². The van der Waals surface area contributed by atoms with E-state index in [-0.39, 0.29) is 17.7 Å². The van der Waals surface area contributed by atoms with E-state index in [9.17, 15) is 8.78 Å². The highest BCUT2D eigenvalue weighted by atomic mass is 19.1. The minimum Gasteiger partial charge on any atom is -0.497 e. The fourth-order valence-electron chi connectivity index (χ4n) is 2.09. The minimum absolute atomic E-state index is 0.294. The van der Waals surface area contributed by atoms with E-state index in [0.717, 1.165) is 0 Å². The Balaban J connectivity index is 2.29. The molecule has 0 aliphatic heterocycles. The van der Waals surface area contributed by atoms with Crippen molar-refractivity contribution in [3.8, 4) is 5.75 Å². The lowest BCUT2D eigenvalue weighted by Gasteiger charge is -2.20.